The molecule has 1 saturated heterocycles. The standard InChI is InChI=1S/C31H32N2O6/c1-2-38-27(34)18-39-26-6-4-3-5-22(26)14-25-28(35)32-30(37)33(29(25)36)24-9-7-23(8-10-24)31-15-19-11-20(16-31)13-21(12-19)17-31/h3-10,14,19-21H,2,11-13,15-18H2,1H3,(H,32,35,37)/b25-14+. The van der Waals surface area contributed by atoms with Crippen molar-refractivity contribution in [2.45, 2.75) is 50.9 Å². The van der Waals surface area contributed by atoms with Gasteiger partial charge >= 0.3 is 12.0 Å². The van der Waals surface area contributed by atoms with E-state index in [1.807, 2.05) is 12.1 Å². The Labute approximate surface area is 227 Å². The fraction of sp³-hybridized carbons (Fsp3) is 0.419. The van der Waals surface area contributed by atoms with E-state index in [1.54, 1.807) is 31.2 Å². The Hall–Kier alpha value is -3.94. The van der Waals surface area contributed by atoms with Gasteiger partial charge in [-0.25, -0.2) is 14.5 Å². The number of nitrogens with zero attached hydrogens (tertiary/aromatic N) is 1. The first kappa shape index (κ1) is 25.3. The van der Waals surface area contributed by atoms with Crippen LogP contribution in [-0.4, -0.2) is 37.0 Å². The third-order valence-electron chi connectivity index (χ3n) is 8.75. The lowest BCUT2D eigenvalue weighted by molar-refractivity contribution is -0.145. The quantitative estimate of drug-likeness (QED) is 0.316. The maximum atomic E-state index is 13.5. The summed E-state index contributed by atoms with van der Waals surface area (Å²) in [7, 11) is 0. The second-order valence-electron chi connectivity index (χ2n) is 11.3. The number of benzene rings is 2. The molecule has 4 aliphatic carbocycles. The van der Waals surface area contributed by atoms with Gasteiger partial charge in [0.25, 0.3) is 11.8 Å². The molecule has 0 atom stereocenters. The summed E-state index contributed by atoms with van der Waals surface area (Å²) in [5.74, 6) is 0.718. The van der Waals surface area contributed by atoms with Crippen molar-refractivity contribution in [1.29, 1.82) is 0 Å². The SMILES string of the molecule is CCOC(=O)COc1ccccc1/C=C1\C(=O)NC(=O)N(c2ccc(C34CC5CC(CC(C5)C3)C4)cc2)C1=O. The van der Waals surface area contributed by atoms with E-state index in [0.717, 1.165) is 22.7 Å². The number of barbiturate groups is 1. The minimum absolute atomic E-state index is 0.202. The van der Waals surface area contributed by atoms with Crippen molar-refractivity contribution in [1.82, 2.24) is 5.32 Å². The normalized spacial score (nSPS) is 28.5. The molecular weight excluding hydrogens is 496 g/mol. The van der Waals surface area contributed by atoms with Crippen LogP contribution >= 0.6 is 0 Å². The van der Waals surface area contributed by atoms with Crippen LogP contribution in [0.25, 0.3) is 6.08 Å². The van der Waals surface area contributed by atoms with Gasteiger partial charge in [0.15, 0.2) is 6.61 Å². The maximum absolute atomic E-state index is 13.5. The van der Waals surface area contributed by atoms with Crippen LogP contribution < -0.4 is 15.0 Å². The van der Waals surface area contributed by atoms with Crippen LogP contribution in [-0.2, 0) is 24.5 Å². The van der Waals surface area contributed by atoms with Gasteiger partial charge in [-0.3, -0.25) is 14.9 Å². The smallest absolute Gasteiger partial charge is 0.344 e. The fourth-order valence-corrected chi connectivity index (χ4v) is 7.55. The first-order chi connectivity index (χ1) is 18.8. The summed E-state index contributed by atoms with van der Waals surface area (Å²) in [5.41, 5.74) is 2.13. The lowest BCUT2D eigenvalue weighted by Crippen LogP contribution is -2.54. The third-order valence-corrected chi connectivity index (χ3v) is 8.75. The largest absolute Gasteiger partial charge is 0.481 e. The zero-order valence-corrected chi connectivity index (χ0v) is 22.0. The molecule has 2 aromatic rings. The molecule has 0 unspecified atom stereocenters. The van der Waals surface area contributed by atoms with Crippen LogP contribution in [0.3, 0.4) is 0 Å². The topological polar surface area (TPSA) is 102 Å². The Morgan fingerprint density at radius 2 is 1.62 bits per heavy atom. The molecule has 8 heteroatoms. The molecule has 5 aliphatic rings. The number of rotatable bonds is 7. The number of carbonyl (C=O) groups excluding carboxylic acids is 4. The first-order valence-corrected chi connectivity index (χ1v) is 13.7. The molecule has 1 heterocycles. The van der Waals surface area contributed by atoms with Crippen LogP contribution in [0.15, 0.2) is 54.1 Å². The zero-order chi connectivity index (χ0) is 27.1. The number of para-hydroxylation sites is 1. The number of hydrogen-bond donors (Lipinski definition) is 1. The van der Waals surface area contributed by atoms with Crippen molar-refractivity contribution in [2.75, 3.05) is 18.1 Å². The number of urea groups is 1. The number of hydrogen-bond acceptors (Lipinski definition) is 6. The molecule has 0 aromatic heterocycles. The van der Waals surface area contributed by atoms with E-state index in [4.69, 9.17) is 9.47 Å². The van der Waals surface area contributed by atoms with Gasteiger partial charge in [0, 0.05) is 5.56 Å². The summed E-state index contributed by atoms with van der Waals surface area (Å²) < 4.78 is 10.5. The number of carbonyl (C=O) groups is 4. The van der Waals surface area contributed by atoms with Crippen molar-refractivity contribution < 1.29 is 28.7 Å². The highest BCUT2D eigenvalue weighted by molar-refractivity contribution is 6.39. The van der Waals surface area contributed by atoms with Gasteiger partial charge < -0.3 is 9.47 Å². The minimum atomic E-state index is -0.786. The molecule has 4 saturated carbocycles. The second-order valence-corrected chi connectivity index (χ2v) is 11.3. The number of anilines is 1. The molecule has 4 bridgehead atoms. The van der Waals surface area contributed by atoms with Gasteiger partial charge in [-0.2, -0.15) is 0 Å². The van der Waals surface area contributed by atoms with Crippen molar-refractivity contribution in [3.63, 3.8) is 0 Å². The highest BCUT2D eigenvalue weighted by atomic mass is 16.6. The predicted molar refractivity (Wildman–Crippen MR) is 144 cm³/mol. The summed E-state index contributed by atoms with van der Waals surface area (Å²) in [6, 6.07) is 13.7. The van der Waals surface area contributed by atoms with Crippen molar-refractivity contribution in [3.8, 4) is 5.75 Å². The second kappa shape index (κ2) is 9.98. The fourth-order valence-electron chi connectivity index (χ4n) is 7.55. The lowest BCUT2D eigenvalue weighted by atomic mass is 9.48. The van der Waals surface area contributed by atoms with E-state index in [0.29, 0.717) is 17.0 Å². The molecular formula is C31H32N2O6. The third kappa shape index (κ3) is 4.73. The lowest BCUT2D eigenvalue weighted by Gasteiger charge is -2.57. The van der Waals surface area contributed by atoms with Crippen molar-refractivity contribution in [3.05, 3.63) is 65.2 Å². The Balaban J connectivity index is 1.25. The van der Waals surface area contributed by atoms with Gasteiger partial charge in [0.2, 0.25) is 0 Å². The molecule has 2 aromatic carbocycles. The van der Waals surface area contributed by atoms with Gasteiger partial charge in [0.05, 0.1) is 12.3 Å². The van der Waals surface area contributed by atoms with E-state index in [9.17, 15) is 19.2 Å². The highest BCUT2D eigenvalue weighted by Gasteiger charge is 2.51. The van der Waals surface area contributed by atoms with E-state index in [2.05, 4.69) is 17.4 Å². The van der Waals surface area contributed by atoms with Gasteiger partial charge in [-0.1, -0.05) is 30.3 Å². The molecule has 0 spiro atoms. The summed E-state index contributed by atoms with van der Waals surface area (Å²) in [6.07, 6.45) is 9.13. The van der Waals surface area contributed by atoms with E-state index < -0.39 is 23.8 Å². The Morgan fingerprint density at radius 1 is 0.974 bits per heavy atom. The van der Waals surface area contributed by atoms with Crippen LogP contribution in [0, 0.1) is 17.8 Å². The Bertz CT molecular complexity index is 1330. The molecule has 4 amide bonds. The molecule has 1 N–H and O–H groups in total. The van der Waals surface area contributed by atoms with Gasteiger partial charge in [0.1, 0.15) is 11.3 Å². The molecule has 202 valence electrons. The number of amides is 4. The molecule has 7 rings (SSSR count). The predicted octanol–water partition coefficient (Wildman–Crippen LogP) is 4.76. The summed E-state index contributed by atoms with van der Waals surface area (Å²) in [5, 5.41) is 2.28. The minimum Gasteiger partial charge on any atom is -0.481 e. The van der Waals surface area contributed by atoms with Crippen molar-refractivity contribution >= 4 is 35.6 Å². The van der Waals surface area contributed by atoms with Gasteiger partial charge in [-0.05, 0) is 98.5 Å². The molecule has 39 heavy (non-hydrogen) atoms. The Kier molecular flexibility index (Phi) is 6.49. The summed E-state index contributed by atoms with van der Waals surface area (Å²) >= 11 is 0. The molecule has 8 nitrogen and oxygen atoms in total. The van der Waals surface area contributed by atoms with Crippen LogP contribution in [0.1, 0.15) is 56.6 Å². The van der Waals surface area contributed by atoms with E-state index >= 15 is 0 Å². The van der Waals surface area contributed by atoms with Crippen LogP contribution in [0.5, 0.6) is 5.75 Å². The zero-order valence-electron chi connectivity index (χ0n) is 22.0. The van der Waals surface area contributed by atoms with Crippen molar-refractivity contribution in [2.24, 2.45) is 17.8 Å². The maximum Gasteiger partial charge on any atom is 0.344 e. The first-order valence-electron chi connectivity index (χ1n) is 13.7. The number of nitrogens with one attached hydrogen (secondary N) is 1. The summed E-state index contributed by atoms with van der Waals surface area (Å²) in [6.45, 7) is 1.62. The highest BCUT2D eigenvalue weighted by Crippen LogP contribution is 2.60. The number of imide groups is 2. The average Bonchev–Trinajstić information content (AvgIpc) is 2.90. The average molecular weight is 529 g/mol. The number of ether oxygens (including phenoxy) is 2. The van der Waals surface area contributed by atoms with E-state index in [1.165, 1.54) is 50.2 Å². The monoisotopic (exact) mass is 528 g/mol. The molecule has 5 fully saturated rings. The number of esters is 1. The van der Waals surface area contributed by atoms with Gasteiger partial charge in [-0.15, -0.1) is 0 Å². The molecule has 0 radical (unpaired) electrons. The van der Waals surface area contributed by atoms with Crippen LogP contribution in [0.4, 0.5) is 10.5 Å². The van der Waals surface area contributed by atoms with Crippen LogP contribution in [0.2, 0.25) is 0 Å². The Morgan fingerprint density at radius 3 is 2.26 bits per heavy atom. The molecule has 1 aliphatic heterocycles. The summed E-state index contributed by atoms with van der Waals surface area (Å²) in [4.78, 5) is 51.7. The van der Waals surface area contributed by atoms with E-state index in [-0.39, 0.29) is 24.2 Å².